The largest absolute Gasteiger partial charge is 0.573 e. The Bertz CT molecular complexity index is 814. The number of nitrogens with zero attached hydrogens (tertiary/aromatic N) is 1. The molecule has 162 valence electrons. The summed E-state index contributed by atoms with van der Waals surface area (Å²) < 4.78 is 59.1. The van der Waals surface area contributed by atoms with Crippen LogP contribution < -0.4 is 4.74 Å². The highest BCUT2D eigenvalue weighted by Gasteiger charge is 2.31. The van der Waals surface area contributed by atoms with Gasteiger partial charge in [0, 0.05) is 26.1 Å². The summed E-state index contributed by atoms with van der Waals surface area (Å²) in [6.07, 6.45) is -2.92. The fraction of sp³-hybridized carbons (Fsp3) is 0.409. The number of carbonyl (C=O) groups is 1. The lowest BCUT2D eigenvalue weighted by Gasteiger charge is -2.31. The molecule has 4 nitrogen and oxygen atoms in total. The molecule has 30 heavy (non-hydrogen) atoms. The summed E-state index contributed by atoms with van der Waals surface area (Å²) >= 11 is 0. The van der Waals surface area contributed by atoms with Crippen molar-refractivity contribution in [3.63, 3.8) is 0 Å². The molecule has 2 aromatic rings. The normalized spacial score (nSPS) is 15.9. The number of hydrogen-bond donors (Lipinski definition) is 0. The molecule has 0 aliphatic carbocycles. The summed E-state index contributed by atoms with van der Waals surface area (Å²) in [5.41, 5.74) is 1.66. The van der Waals surface area contributed by atoms with Crippen molar-refractivity contribution in [2.75, 3.05) is 19.7 Å². The Labute approximate surface area is 172 Å². The van der Waals surface area contributed by atoms with Gasteiger partial charge in [0.1, 0.15) is 18.2 Å². The topological polar surface area (TPSA) is 38.8 Å². The molecule has 1 aliphatic heterocycles. The first-order chi connectivity index (χ1) is 14.3. The first-order valence-corrected chi connectivity index (χ1v) is 9.71. The van der Waals surface area contributed by atoms with Crippen LogP contribution in [-0.2, 0) is 22.5 Å². The number of carbonyl (C=O) groups excluding carboxylic acids is 1. The van der Waals surface area contributed by atoms with Gasteiger partial charge in [0.15, 0.2) is 5.78 Å². The van der Waals surface area contributed by atoms with E-state index in [1.54, 1.807) is 24.3 Å². The lowest BCUT2D eigenvalue weighted by Crippen LogP contribution is -2.37. The van der Waals surface area contributed by atoms with E-state index in [-0.39, 0.29) is 36.5 Å². The quantitative estimate of drug-likeness (QED) is 0.583. The number of ether oxygens (including phenoxy) is 2. The van der Waals surface area contributed by atoms with Crippen LogP contribution in [0, 0.1) is 5.82 Å². The second-order valence-corrected chi connectivity index (χ2v) is 7.32. The third-order valence-corrected chi connectivity index (χ3v) is 4.89. The fourth-order valence-corrected chi connectivity index (χ4v) is 3.38. The molecule has 1 aliphatic rings. The zero-order chi connectivity index (χ0) is 21.6. The highest BCUT2D eigenvalue weighted by Crippen LogP contribution is 2.23. The van der Waals surface area contributed by atoms with Crippen molar-refractivity contribution >= 4 is 5.78 Å². The van der Waals surface area contributed by atoms with E-state index in [9.17, 15) is 22.4 Å². The molecule has 0 radical (unpaired) electrons. The van der Waals surface area contributed by atoms with E-state index < -0.39 is 6.36 Å². The van der Waals surface area contributed by atoms with E-state index in [2.05, 4.69) is 9.64 Å². The maximum atomic E-state index is 12.9. The smallest absolute Gasteiger partial charge is 0.406 e. The van der Waals surface area contributed by atoms with Crippen LogP contribution in [0.1, 0.15) is 24.0 Å². The second-order valence-electron chi connectivity index (χ2n) is 7.32. The minimum absolute atomic E-state index is 0.000907. The van der Waals surface area contributed by atoms with E-state index >= 15 is 0 Å². The van der Waals surface area contributed by atoms with Crippen LogP contribution >= 0.6 is 0 Å². The van der Waals surface area contributed by atoms with Gasteiger partial charge in [-0.2, -0.15) is 0 Å². The molecule has 2 aromatic carbocycles. The average molecular weight is 425 g/mol. The highest BCUT2D eigenvalue weighted by molar-refractivity contribution is 5.82. The zero-order valence-corrected chi connectivity index (χ0v) is 16.3. The lowest BCUT2D eigenvalue weighted by molar-refractivity contribution is -0.274. The van der Waals surface area contributed by atoms with Gasteiger partial charge in [-0.05, 0) is 48.2 Å². The van der Waals surface area contributed by atoms with Gasteiger partial charge in [-0.1, -0.05) is 24.3 Å². The summed E-state index contributed by atoms with van der Waals surface area (Å²) in [5.74, 6) is -0.617. The third kappa shape index (κ3) is 7.42. The number of alkyl halides is 3. The number of halogens is 4. The first-order valence-electron chi connectivity index (χ1n) is 9.71. The Morgan fingerprint density at radius 3 is 2.17 bits per heavy atom. The van der Waals surface area contributed by atoms with Gasteiger partial charge in [0.2, 0.25) is 0 Å². The van der Waals surface area contributed by atoms with Crippen LogP contribution in [0.2, 0.25) is 0 Å². The van der Waals surface area contributed by atoms with Crippen molar-refractivity contribution in [3.8, 4) is 5.75 Å². The Hall–Kier alpha value is -2.45. The minimum atomic E-state index is -4.69. The van der Waals surface area contributed by atoms with Crippen LogP contribution in [0.25, 0.3) is 0 Å². The molecule has 1 heterocycles. The molecule has 0 saturated carbocycles. The van der Waals surface area contributed by atoms with Crippen LogP contribution in [0.15, 0.2) is 48.5 Å². The van der Waals surface area contributed by atoms with Gasteiger partial charge in [-0.3, -0.25) is 9.69 Å². The molecule has 0 N–H and O–H groups in total. The second kappa shape index (κ2) is 10.0. The number of benzene rings is 2. The fourth-order valence-electron chi connectivity index (χ4n) is 3.38. The number of piperidine rings is 1. The SMILES string of the molecule is O=C(COC1CCN(Cc2ccc(OC(F)(F)F)cc2)CC1)Cc1ccc(F)cc1. The van der Waals surface area contributed by atoms with Gasteiger partial charge in [-0.15, -0.1) is 13.2 Å². The summed E-state index contributed by atoms with van der Waals surface area (Å²) in [5, 5.41) is 0. The molecule has 0 aromatic heterocycles. The molecule has 8 heteroatoms. The van der Waals surface area contributed by atoms with Gasteiger partial charge in [-0.25, -0.2) is 4.39 Å². The maximum Gasteiger partial charge on any atom is 0.573 e. The van der Waals surface area contributed by atoms with E-state index in [0.717, 1.165) is 37.1 Å². The predicted octanol–water partition coefficient (Wildman–Crippen LogP) is 4.52. The monoisotopic (exact) mass is 425 g/mol. The van der Waals surface area contributed by atoms with Gasteiger partial charge < -0.3 is 9.47 Å². The molecule has 0 bridgehead atoms. The molecule has 0 atom stereocenters. The Balaban J connectivity index is 1.36. The molecule has 0 amide bonds. The molecule has 0 spiro atoms. The predicted molar refractivity (Wildman–Crippen MR) is 102 cm³/mol. The summed E-state index contributed by atoms with van der Waals surface area (Å²) in [6.45, 7) is 2.21. The Kier molecular flexibility index (Phi) is 7.44. The first kappa shape index (κ1) is 22.2. The van der Waals surface area contributed by atoms with E-state index in [4.69, 9.17) is 4.74 Å². The van der Waals surface area contributed by atoms with E-state index in [1.165, 1.54) is 24.3 Å². The van der Waals surface area contributed by atoms with Gasteiger partial charge >= 0.3 is 6.36 Å². The molecule has 0 unspecified atom stereocenters. The third-order valence-electron chi connectivity index (χ3n) is 4.89. The van der Waals surface area contributed by atoms with Gasteiger partial charge in [0.25, 0.3) is 0 Å². The molecular formula is C22H23F4NO3. The van der Waals surface area contributed by atoms with Crippen molar-refractivity contribution in [1.29, 1.82) is 0 Å². The van der Waals surface area contributed by atoms with Crippen molar-refractivity contribution in [2.24, 2.45) is 0 Å². The average Bonchev–Trinajstić information content (AvgIpc) is 2.70. The van der Waals surface area contributed by atoms with Gasteiger partial charge in [0.05, 0.1) is 6.10 Å². The summed E-state index contributed by atoms with van der Waals surface area (Å²) in [7, 11) is 0. The van der Waals surface area contributed by atoms with Crippen molar-refractivity contribution < 1.29 is 31.8 Å². The zero-order valence-electron chi connectivity index (χ0n) is 16.3. The number of ketones is 1. The van der Waals surface area contributed by atoms with Crippen LogP contribution in [0.5, 0.6) is 5.75 Å². The van der Waals surface area contributed by atoms with Crippen molar-refractivity contribution in [3.05, 3.63) is 65.5 Å². The van der Waals surface area contributed by atoms with E-state index in [1.807, 2.05) is 0 Å². The number of Topliss-reactive ketones (excluding diaryl/α,β-unsaturated/α-hetero) is 1. The summed E-state index contributed by atoms with van der Waals surface area (Å²) in [4.78, 5) is 14.2. The minimum Gasteiger partial charge on any atom is -0.406 e. The lowest BCUT2D eigenvalue weighted by atomic mass is 10.1. The van der Waals surface area contributed by atoms with Crippen molar-refractivity contribution in [1.82, 2.24) is 4.90 Å². The molecule has 1 fully saturated rings. The number of hydrogen-bond acceptors (Lipinski definition) is 4. The number of rotatable bonds is 8. The Morgan fingerprint density at radius 2 is 1.57 bits per heavy atom. The molecule has 1 saturated heterocycles. The van der Waals surface area contributed by atoms with Crippen LogP contribution in [0.4, 0.5) is 17.6 Å². The van der Waals surface area contributed by atoms with Crippen LogP contribution in [-0.4, -0.2) is 42.8 Å². The maximum absolute atomic E-state index is 12.9. The molecule has 3 rings (SSSR count). The highest BCUT2D eigenvalue weighted by atomic mass is 19.4. The standard InChI is InChI=1S/C22H23F4NO3/c23-18-5-1-16(2-6-18)13-19(28)15-29-20-9-11-27(12-10-20)14-17-3-7-21(8-4-17)30-22(24,25)26/h1-8,20H,9-15H2. The molecular weight excluding hydrogens is 402 g/mol. The van der Waals surface area contributed by atoms with Crippen molar-refractivity contribution in [2.45, 2.75) is 38.3 Å². The summed E-state index contributed by atoms with van der Waals surface area (Å²) in [6, 6.07) is 11.7. The Morgan fingerprint density at radius 1 is 0.967 bits per heavy atom. The van der Waals surface area contributed by atoms with E-state index in [0.29, 0.717) is 6.54 Å². The van der Waals surface area contributed by atoms with Crippen LogP contribution in [0.3, 0.4) is 0 Å². The number of likely N-dealkylation sites (tertiary alicyclic amines) is 1.